The number of aliphatic hydroxyl groups is 1. The highest BCUT2D eigenvalue weighted by atomic mass is 35.5. The Morgan fingerprint density at radius 3 is 2.59 bits per heavy atom. The first kappa shape index (κ1) is 12.6. The molecule has 1 aromatic carbocycles. The fourth-order valence-corrected chi connectivity index (χ4v) is 3.16. The SMILES string of the molecule is Cc1cc(C(O)Cc2ccccc2Cl)c(C)s1. The zero-order chi connectivity index (χ0) is 12.4. The van der Waals surface area contributed by atoms with Crippen molar-refractivity contribution in [2.75, 3.05) is 0 Å². The van der Waals surface area contributed by atoms with Crippen molar-refractivity contribution in [3.63, 3.8) is 0 Å². The molecule has 90 valence electrons. The molecule has 0 radical (unpaired) electrons. The number of aliphatic hydroxyl groups excluding tert-OH is 1. The number of halogens is 1. The predicted octanol–water partition coefficient (Wildman–Crippen LogP) is 4.29. The number of thiophene rings is 1. The predicted molar refractivity (Wildman–Crippen MR) is 73.9 cm³/mol. The van der Waals surface area contributed by atoms with Crippen molar-refractivity contribution in [2.24, 2.45) is 0 Å². The molecule has 0 aliphatic rings. The summed E-state index contributed by atoms with van der Waals surface area (Å²) in [5, 5.41) is 11.0. The Balaban J connectivity index is 2.20. The lowest BCUT2D eigenvalue weighted by Gasteiger charge is -2.11. The molecule has 0 fully saturated rings. The normalized spacial score (nSPS) is 12.7. The number of rotatable bonds is 3. The Bertz CT molecular complexity index is 519. The fourth-order valence-electron chi connectivity index (χ4n) is 1.96. The van der Waals surface area contributed by atoms with Crippen LogP contribution in [0.15, 0.2) is 30.3 Å². The summed E-state index contributed by atoms with van der Waals surface area (Å²) in [4.78, 5) is 2.41. The maximum absolute atomic E-state index is 10.2. The van der Waals surface area contributed by atoms with Gasteiger partial charge in [0.15, 0.2) is 0 Å². The van der Waals surface area contributed by atoms with Gasteiger partial charge in [0.1, 0.15) is 0 Å². The molecule has 3 heteroatoms. The zero-order valence-electron chi connectivity index (χ0n) is 9.90. The van der Waals surface area contributed by atoms with Crippen LogP contribution >= 0.6 is 22.9 Å². The maximum atomic E-state index is 10.2. The first-order valence-corrected chi connectivity index (χ1v) is 6.76. The molecule has 1 nitrogen and oxygen atoms in total. The van der Waals surface area contributed by atoms with Crippen molar-refractivity contribution in [1.82, 2.24) is 0 Å². The molecule has 1 unspecified atom stereocenters. The molecule has 0 saturated heterocycles. The monoisotopic (exact) mass is 266 g/mol. The topological polar surface area (TPSA) is 20.2 Å². The number of hydrogen-bond donors (Lipinski definition) is 1. The molecule has 1 heterocycles. The van der Waals surface area contributed by atoms with Crippen molar-refractivity contribution >= 4 is 22.9 Å². The lowest BCUT2D eigenvalue weighted by molar-refractivity contribution is 0.178. The van der Waals surface area contributed by atoms with Gasteiger partial charge in [0.2, 0.25) is 0 Å². The van der Waals surface area contributed by atoms with Crippen LogP contribution in [0.4, 0.5) is 0 Å². The smallest absolute Gasteiger partial charge is 0.0841 e. The highest BCUT2D eigenvalue weighted by Crippen LogP contribution is 2.29. The highest BCUT2D eigenvalue weighted by Gasteiger charge is 2.14. The number of aryl methyl sites for hydroxylation is 2. The summed E-state index contributed by atoms with van der Waals surface area (Å²) in [7, 11) is 0. The molecule has 1 atom stereocenters. The van der Waals surface area contributed by atoms with E-state index in [0.717, 1.165) is 16.1 Å². The molecule has 0 amide bonds. The van der Waals surface area contributed by atoms with E-state index in [-0.39, 0.29) is 0 Å². The third-order valence-corrected chi connectivity index (χ3v) is 4.16. The lowest BCUT2D eigenvalue weighted by atomic mass is 10.0. The van der Waals surface area contributed by atoms with Gasteiger partial charge in [-0.05, 0) is 37.1 Å². The van der Waals surface area contributed by atoms with Crippen molar-refractivity contribution in [3.8, 4) is 0 Å². The molecule has 0 bridgehead atoms. The standard InChI is InChI=1S/C14H15ClOS/c1-9-7-12(10(2)17-9)14(16)8-11-5-3-4-6-13(11)15/h3-7,14,16H,8H2,1-2H3. The van der Waals surface area contributed by atoms with Gasteiger partial charge in [0.25, 0.3) is 0 Å². The fraction of sp³-hybridized carbons (Fsp3) is 0.286. The van der Waals surface area contributed by atoms with Gasteiger partial charge in [-0.15, -0.1) is 11.3 Å². The third kappa shape index (κ3) is 2.89. The van der Waals surface area contributed by atoms with E-state index in [0.29, 0.717) is 6.42 Å². The molecular weight excluding hydrogens is 252 g/mol. The van der Waals surface area contributed by atoms with Crippen LogP contribution in [-0.2, 0) is 6.42 Å². The zero-order valence-corrected chi connectivity index (χ0v) is 11.5. The van der Waals surface area contributed by atoms with E-state index >= 15 is 0 Å². The van der Waals surface area contributed by atoms with E-state index in [4.69, 9.17) is 11.6 Å². The van der Waals surface area contributed by atoms with E-state index in [1.165, 1.54) is 9.75 Å². The van der Waals surface area contributed by atoms with Crippen molar-refractivity contribution in [1.29, 1.82) is 0 Å². The summed E-state index contributed by atoms with van der Waals surface area (Å²) in [6, 6.07) is 9.72. The van der Waals surface area contributed by atoms with Crippen LogP contribution in [0.5, 0.6) is 0 Å². The minimum absolute atomic E-state index is 0.472. The van der Waals surface area contributed by atoms with Crippen LogP contribution in [0.3, 0.4) is 0 Å². The van der Waals surface area contributed by atoms with Gasteiger partial charge in [0, 0.05) is 21.2 Å². The number of hydrogen-bond acceptors (Lipinski definition) is 2. The maximum Gasteiger partial charge on any atom is 0.0841 e. The van der Waals surface area contributed by atoms with Gasteiger partial charge < -0.3 is 5.11 Å². The molecule has 1 N–H and O–H groups in total. The van der Waals surface area contributed by atoms with Gasteiger partial charge >= 0.3 is 0 Å². The van der Waals surface area contributed by atoms with Crippen LogP contribution in [0.2, 0.25) is 5.02 Å². The van der Waals surface area contributed by atoms with E-state index in [2.05, 4.69) is 13.0 Å². The van der Waals surface area contributed by atoms with Gasteiger partial charge in [-0.25, -0.2) is 0 Å². The summed E-state index contributed by atoms with van der Waals surface area (Å²) in [5.41, 5.74) is 2.01. The van der Waals surface area contributed by atoms with Gasteiger partial charge in [0.05, 0.1) is 6.10 Å². The molecule has 17 heavy (non-hydrogen) atoms. The minimum Gasteiger partial charge on any atom is -0.388 e. The van der Waals surface area contributed by atoms with Crippen molar-refractivity contribution < 1.29 is 5.11 Å². The molecule has 0 saturated carbocycles. The van der Waals surface area contributed by atoms with E-state index < -0.39 is 6.10 Å². The molecule has 2 aromatic rings. The first-order chi connectivity index (χ1) is 8.08. The second-order valence-electron chi connectivity index (χ2n) is 4.18. The highest BCUT2D eigenvalue weighted by molar-refractivity contribution is 7.12. The average Bonchev–Trinajstić information content (AvgIpc) is 2.61. The molecular formula is C14H15ClOS. The van der Waals surface area contributed by atoms with E-state index in [1.54, 1.807) is 11.3 Å². The number of benzene rings is 1. The van der Waals surface area contributed by atoms with Gasteiger partial charge in [-0.3, -0.25) is 0 Å². The summed E-state index contributed by atoms with van der Waals surface area (Å²) >= 11 is 7.81. The molecule has 0 aliphatic heterocycles. The van der Waals surface area contributed by atoms with E-state index in [1.807, 2.05) is 31.2 Å². The Morgan fingerprint density at radius 1 is 1.29 bits per heavy atom. The van der Waals surface area contributed by atoms with Crippen LogP contribution in [0.25, 0.3) is 0 Å². The summed E-state index contributed by atoms with van der Waals surface area (Å²) < 4.78 is 0. The quantitative estimate of drug-likeness (QED) is 0.878. The second kappa shape index (κ2) is 5.21. The average molecular weight is 267 g/mol. The molecule has 0 spiro atoms. The van der Waals surface area contributed by atoms with Crippen molar-refractivity contribution in [2.45, 2.75) is 26.4 Å². The van der Waals surface area contributed by atoms with Crippen LogP contribution in [0.1, 0.15) is 27.0 Å². The largest absolute Gasteiger partial charge is 0.388 e. The molecule has 0 aliphatic carbocycles. The Labute approximate surface area is 111 Å². The Hall–Kier alpha value is -0.830. The third-order valence-electron chi connectivity index (χ3n) is 2.81. The van der Waals surface area contributed by atoms with Crippen LogP contribution < -0.4 is 0 Å². The molecule has 2 rings (SSSR count). The van der Waals surface area contributed by atoms with Gasteiger partial charge in [-0.1, -0.05) is 29.8 Å². The first-order valence-electron chi connectivity index (χ1n) is 5.56. The Kier molecular flexibility index (Phi) is 3.87. The minimum atomic E-state index is -0.472. The van der Waals surface area contributed by atoms with Crippen LogP contribution in [-0.4, -0.2) is 5.11 Å². The summed E-state index contributed by atoms with van der Waals surface area (Å²) in [5.74, 6) is 0. The second-order valence-corrected chi connectivity index (χ2v) is 6.05. The summed E-state index contributed by atoms with van der Waals surface area (Å²) in [6.07, 6.45) is 0.0938. The van der Waals surface area contributed by atoms with Crippen molar-refractivity contribution in [3.05, 3.63) is 56.2 Å². The molecule has 1 aromatic heterocycles. The van der Waals surface area contributed by atoms with Crippen LogP contribution in [0, 0.1) is 13.8 Å². The summed E-state index contributed by atoms with van der Waals surface area (Å²) in [6.45, 7) is 4.10. The Morgan fingerprint density at radius 2 is 2.00 bits per heavy atom. The van der Waals surface area contributed by atoms with Gasteiger partial charge in [-0.2, -0.15) is 0 Å². The van der Waals surface area contributed by atoms with E-state index in [9.17, 15) is 5.11 Å². The lowest BCUT2D eigenvalue weighted by Crippen LogP contribution is -2.02.